The van der Waals surface area contributed by atoms with Crippen LogP contribution >= 0.6 is 0 Å². The van der Waals surface area contributed by atoms with Crippen molar-refractivity contribution in [1.82, 2.24) is 15.0 Å². The van der Waals surface area contributed by atoms with Crippen molar-refractivity contribution in [1.29, 1.82) is 0 Å². The lowest BCUT2D eigenvalue weighted by Crippen LogP contribution is -2.24. The summed E-state index contributed by atoms with van der Waals surface area (Å²) in [5.41, 5.74) is 1.16. The highest BCUT2D eigenvalue weighted by molar-refractivity contribution is 5.34. The zero-order valence-electron chi connectivity index (χ0n) is 15.2. The minimum atomic E-state index is -4.40. The molecule has 27 heavy (non-hydrogen) atoms. The van der Waals surface area contributed by atoms with Crippen LogP contribution in [0.1, 0.15) is 54.2 Å². The Morgan fingerprint density at radius 1 is 1.15 bits per heavy atom. The summed E-state index contributed by atoms with van der Waals surface area (Å²) in [6.07, 6.45) is 1.40. The number of halogens is 3. The molecule has 0 bridgehead atoms. The van der Waals surface area contributed by atoms with Crippen molar-refractivity contribution in [3.05, 3.63) is 47.0 Å². The first-order valence-electron chi connectivity index (χ1n) is 9.09. The Morgan fingerprint density at radius 3 is 2.56 bits per heavy atom. The zero-order valence-corrected chi connectivity index (χ0v) is 15.2. The lowest BCUT2D eigenvalue weighted by atomic mass is 10.0. The second-order valence-corrected chi connectivity index (χ2v) is 6.92. The third-order valence-corrected chi connectivity index (χ3v) is 4.84. The molecule has 0 radical (unpaired) electrons. The van der Waals surface area contributed by atoms with Crippen LogP contribution in [0.5, 0.6) is 0 Å². The number of hydrogen-bond donors (Lipinski definition) is 1. The van der Waals surface area contributed by atoms with Crippen LogP contribution in [0, 0.1) is 0 Å². The fraction of sp³-hybridized carbons (Fsp3) is 0.526. The van der Waals surface area contributed by atoms with Crippen LogP contribution in [0.2, 0.25) is 0 Å². The fourth-order valence-corrected chi connectivity index (χ4v) is 3.38. The van der Waals surface area contributed by atoms with Crippen molar-refractivity contribution in [2.45, 2.75) is 44.2 Å². The SMILES string of the molecule is CN(CCO)c1nc(Cc2cc(C(F)(F)F)ccn2)cc(C2CCCC2)n1. The second-order valence-electron chi connectivity index (χ2n) is 6.92. The predicted octanol–water partition coefficient (Wildman–Crippen LogP) is 3.57. The lowest BCUT2D eigenvalue weighted by molar-refractivity contribution is -0.137. The maximum Gasteiger partial charge on any atom is 0.416 e. The molecule has 2 aromatic heterocycles. The maximum absolute atomic E-state index is 12.9. The topological polar surface area (TPSA) is 62.1 Å². The van der Waals surface area contributed by atoms with E-state index in [1.54, 1.807) is 11.9 Å². The van der Waals surface area contributed by atoms with Crippen LogP contribution in [-0.4, -0.2) is 40.3 Å². The molecule has 0 atom stereocenters. The summed E-state index contributed by atoms with van der Waals surface area (Å²) in [6, 6.07) is 3.91. The van der Waals surface area contributed by atoms with Crippen molar-refractivity contribution < 1.29 is 18.3 Å². The first-order valence-corrected chi connectivity index (χ1v) is 9.09. The highest BCUT2D eigenvalue weighted by Gasteiger charge is 2.30. The van der Waals surface area contributed by atoms with Crippen LogP contribution in [0.25, 0.3) is 0 Å². The van der Waals surface area contributed by atoms with Crippen LogP contribution in [-0.2, 0) is 12.6 Å². The molecule has 1 fully saturated rings. The first-order chi connectivity index (χ1) is 12.9. The molecule has 1 aliphatic rings. The van der Waals surface area contributed by atoms with E-state index in [9.17, 15) is 18.3 Å². The van der Waals surface area contributed by atoms with Gasteiger partial charge in [-0.3, -0.25) is 4.98 Å². The highest BCUT2D eigenvalue weighted by atomic mass is 19.4. The number of rotatable bonds is 6. The highest BCUT2D eigenvalue weighted by Crippen LogP contribution is 2.34. The Balaban J connectivity index is 1.91. The molecule has 1 saturated carbocycles. The minimum absolute atomic E-state index is 0.0297. The number of pyridine rings is 1. The molecule has 1 N–H and O–H groups in total. The van der Waals surface area contributed by atoms with Crippen molar-refractivity contribution in [2.24, 2.45) is 0 Å². The van der Waals surface area contributed by atoms with E-state index in [0.717, 1.165) is 43.5 Å². The maximum atomic E-state index is 12.9. The van der Waals surface area contributed by atoms with Gasteiger partial charge in [-0.2, -0.15) is 13.2 Å². The first kappa shape index (κ1) is 19.5. The Hall–Kier alpha value is -2.22. The second kappa shape index (κ2) is 8.21. The number of aromatic nitrogens is 3. The summed E-state index contributed by atoms with van der Waals surface area (Å²) in [5.74, 6) is 0.831. The van der Waals surface area contributed by atoms with Gasteiger partial charge in [0.25, 0.3) is 0 Å². The van der Waals surface area contributed by atoms with E-state index >= 15 is 0 Å². The van der Waals surface area contributed by atoms with Gasteiger partial charge in [0, 0.05) is 43.5 Å². The van der Waals surface area contributed by atoms with Gasteiger partial charge in [0.1, 0.15) is 0 Å². The molecule has 0 unspecified atom stereocenters. The normalized spacial score (nSPS) is 15.3. The molecule has 2 heterocycles. The van der Waals surface area contributed by atoms with Gasteiger partial charge in [0.2, 0.25) is 5.95 Å². The van der Waals surface area contributed by atoms with Gasteiger partial charge in [-0.25, -0.2) is 9.97 Å². The Morgan fingerprint density at radius 2 is 1.89 bits per heavy atom. The zero-order chi connectivity index (χ0) is 19.4. The smallest absolute Gasteiger partial charge is 0.395 e. The quantitative estimate of drug-likeness (QED) is 0.830. The molecule has 3 rings (SSSR count). The number of aliphatic hydroxyl groups is 1. The molecule has 2 aromatic rings. The van der Waals surface area contributed by atoms with Gasteiger partial charge >= 0.3 is 6.18 Å². The molecule has 146 valence electrons. The molecule has 8 heteroatoms. The molecule has 0 saturated heterocycles. The van der Waals surface area contributed by atoms with E-state index in [2.05, 4.69) is 15.0 Å². The monoisotopic (exact) mass is 380 g/mol. The van der Waals surface area contributed by atoms with E-state index in [-0.39, 0.29) is 13.0 Å². The summed E-state index contributed by atoms with van der Waals surface area (Å²) in [7, 11) is 1.79. The van der Waals surface area contributed by atoms with Crippen LogP contribution in [0.15, 0.2) is 24.4 Å². The Kier molecular flexibility index (Phi) is 5.94. The van der Waals surface area contributed by atoms with Crippen LogP contribution in [0.3, 0.4) is 0 Å². The van der Waals surface area contributed by atoms with E-state index in [0.29, 0.717) is 29.8 Å². The van der Waals surface area contributed by atoms with Crippen LogP contribution < -0.4 is 4.90 Å². The van der Waals surface area contributed by atoms with Gasteiger partial charge in [-0.1, -0.05) is 12.8 Å². The lowest BCUT2D eigenvalue weighted by Gasteiger charge is -2.19. The fourth-order valence-electron chi connectivity index (χ4n) is 3.38. The van der Waals surface area contributed by atoms with Gasteiger partial charge in [-0.05, 0) is 31.0 Å². The largest absolute Gasteiger partial charge is 0.416 e. The molecule has 1 aliphatic carbocycles. The number of alkyl halides is 3. The van der Waals surface area contributed by atoms with Crippen molar-refractivity contribution in [3.8, 4) is 0 Å². The average Bonchev–Trinajstić information content (AvgIpc) is 3.16. The molecular weight excluding hydrogens is 357 g/mol. The number of nitrogens with zero attached hydrogens (tertiary/aromatic N) is 4. The summed E-state index contributed by atoms with van der Waals surface area (Å²) < 4.78 is 38.8. The van der Waals surface area contributed by atoms with Gasteiger partial charge in [0.05, 0.1) is 17.9 Å². The van der Waals surface area contributed by atoms with E-state index in [4.69, 9.17) is 0 Å². The Labute approximate surface area is 156 Å². The van der Waals surface area contributed by atoms with Gasteiger partial charge < -0.3 is 10.0 Å². The van der Waals surface area contributed by atoms with E-state index in [1.807, 2.05) is 6.07 Å². The predicted molar refractivity (Wildman–Crippen MR) is 95.6 cm³/mol. The number of anilines is 1. The number of likely N-dealkylation sites (N-methyl/N-ethyl adjacent to an activating group) is 1. The summed E-state index contributed by atoms with van der Waals surface area (Å²) in [5, 5.41) is 9.18. The third-order valence-electron chi connectivity index (χ3n) is 4.84. The average molecular weight is 380 g/mol. The molecule has 0 aromatic carbocycles. The van der Waals surface area contributed by atoms with Crippen LogP contribution in [0.4, 0.5) is 19.1 Å². The standard InChI is InChI=1S/C19H23F3N4O/c1-26(8-9-27)18-24-16(12-17(25-18)13-4-2-3-5-13)11-15-10-14(6-7-23-15)19(20,21)22/h6-7,10,12-13,27H,2-5,8-9,11H2,1H3. The van der Waals surface area contributed by atoms with Crippen molar-refractivity contribution >= 4 is 5.95 Å². The number of hydrogen-bond acceptors (Lipinski definition) is 5. The molecular formula is C19H23F3N4O. The van der Waals surface area contributed by atoms with Crippen molar-refractivity contribution in [2.75, 3.05) is 25.1 Å². The summed E-state index contributed by atoms with van der Waals surface area (Å²) in [4.78, 5) is 15.0. The molecule has 0 aliphatic heterocycles. The van der Waals surface area contributed by atoms with Gasteiger partial charge in [-0.15, -0.1) is 0 Å². The molecule has 0 spiro atoms. The van der Waals surface area contributed by atoms with Gasteiger partial charge in [0.15, 0.2) is 0 Å². The van der Waals surface area contributed by atoms with E-state index < -0.39 is 11.7 Å². The number of aliphatic hydroxyl groups excluding tert-OH is 1. The minimum Gasteiger partial charge on any atom is -0.395 e. The summed E-state index contributed by atoms with van der Waals surface area (Å²) in [6.45, 7) is 0.355. The van der Waals surface area contributed by atoms with Crippen molar-refractivity contribution in [3.63, 3.8) is 0 Å². The van der Waals surface area contributed by atoms with E-state index in [1.165, 1.54) is 6.20 Å². The summed E-state index contributed by atoms with van der Waals surface area (Å²) >= 11 is 0. The molecule has 0 amide bonds. The third kappa shape index (κ3) is 4.94. The molecule has 5 nitrogen and oxygen atoms in total. The Bertz CT molecular complexity index is 776.